The number of hydrogen-bond acceptors (Lipinski definition) is 3. The van der Waals surface area contributed by atoms with Gasteiger partial charge >= 0.3 is 5.97 Å². The number of phenolic OH excluding ortho intramolecular Hbond substituents is 1. The summed E-state index contributed by atoms with van der Waals surface area (Å²) in [6.07, 6.45) is 0.519. The largest absolute Gasteiger partial charge is 0.508 e. The van der Waals surface area contributed by atoms with Gasteiger partial charge in [0.05, 0.1) is 0 Å². The first-order chi connectivity index (χ1) is 8.47. The van der Waals surface area contributed by atoms with E-state index in [1.165, 1.54) is 6.07 Å². The monoisotopic (exact) mass is 246 g/mol. The highest BCUT2D eigenvalue weighted by Gasteiger charge is 2.12. The second kappa shape index (κ2) is 4.56. The van der Waals surface area contributed by atoms with Crippen molar-refractivity contribution >= 4 is 5.97 Å². The number of carboxylic acid groups (broad SMARTS) is 1. The van der Waals surface area contributed by atoms with Crippen LogP contribution in [0, 0.1) is 13.8 Å². The molecule has 1 aromatic heterocycles. The highest BCUT2D eigenvalue weighted by atomic mass is 16.4. The van der Waals surface area contributed by atoms with Crippen LogP contribution in [0.15, 0.2) is 28.7 Å². The molecule has 2 aromatic rings. The fourth-order valence-electron chi connectivity index (χ4n) is 2.01. The van der Waals surface area contributed by atoms with Gasteiger partial charge in [0.25, 0.3) is 0 Å². The van der Waals surface area contributed by atoms with E-state index < -0.39 is 5.97 Å². The smallest absolute Gasteiger partial charge is 0.371 e. The number of aromatic hydroxyl groups is 1. The summed E-state index contributed by atoms with van der Waals surface area (Å²) >= 11 is 0. The molecule has 4 heteroatoms. The SMILES string of the molecule is Cc1cc(O)cc(C)c1Cc1ccc(C(=O)O)o1. The molecule has 0 unspecified atom stereocenters. The summed E-state index contributed by atoms with van der Waals surface area (Å²) in [6, 6.07) is 6.48. The first-order valence-electron chi connectivity index (χ1n) is 5.58. The topological polar surface area (TPSA) is 70.7 Å². The van der Waals surface area contributed by atoms with Gasteiger partial charge in [0.1, 0.15) is 11.5 Å². The second-order valence-corrected chi connectivity index (χ2v) is 4.31. The van der Waals surface area contributed by atoms with Gasteiger partial charge in [-0.1, -0.05) is 0 Å². The van der Waals surface area contributed by atoms with E-state index in [0.29, 0.717) is 12.2 Å². The molecule has 0 fully saturated rings. The van der Waals surface area contributed by atoms with Crippen molar-refractivity contribution in [3.05, 3.63) is 52.5 Å². The van der Waals surface area contributed by atoms with Crippen LogP contribution in [0.3, 0.4) is 0 Å². The fourth-order valence-corrected chi connectivity index (χ4v) is 2.01. The van der Waals surface area contributed by atoms with E-state index >= 15 is 0 Å². The molecule has 1 aromatic carbocycles. The van der Waals surface area contributed by atoms with E-state index in [9.17, 15) is 9.90 Å². The predicted molar refractivity (Wildman–Crippen MR) is 66.1 cm³/mol. The molecule has 0 aliphatic heterocycles. The standard InChI is InChI=1S/C14H14O4/c1-8-5-10(15)6-9(2)12(8)7-11-3-4-13(18-11)14(16)17/h3-6,15H,7H2,1-2H3,(H,16,17). The van der Waals surface area contributed by atoms with Crippen LogP contribution in [0.1, 0.15) is 33.0 Å². The van der Waals surface area contributed by atoms with E-state index in [1.807, 2.05) is 13.8 Å². The molecule has 0 spiro atoms. The molecule has 2 rings (SSSR count). The molecule has 18 heavy (non-hydrogen) atoms. The minimum Gasteiger partial charge on any atom is -0.508 e. The number of hydrogen-bond donors (Lipinski definition) is 2. The Morgan fingerprint density at radius 2 is 1.83 bits per heavy atom. The third kappa shape index (κ3) is 2.37. The van der Waals surface area contributed by atoms with Crippen LogP contribution in [0.25, 0.3) is 0 Å². The molecule has 0 atom stereocenters. The Kier molecular flexibility index (Phi) is 3.10. The van der Waals surface area contributed by atoms with Gasteiger partial charge in [-0.05, 0) is 54.8 Å². The molecule has 0 aliphatic carbocycles. The van der Waals surface area contributed by atoms with Crippen LogP contribution in [0.4, 0.5) is 0 Å². The summed E-state index contributed by atoms with van der Waals surface area (Å²) in [4.78, 5) is 10.7. The number of phenols is 1. The van der Waals surface area contributed by atoms with Crippen molar-refractivity contribution in [2.45, 2.75) is 20.3 Å². The molecule has 0 saturated carbocycles. The van der Waals surface area contributed by atoms with E-state index in [-0.39, 0.29) is 11.5 Å². The minimum absolute atomic E-state index is 0.0564. The van der Waals surface area contributed by atoms with E-state index in [1.54, 1.807) is 18.2 Å². The lowest BCUT2D eigenvalue weighted by Gasteiger charge is -2.09. The molecule has 0 radical (unpaired) electrons. The molecule has 0 amide bonds. The normalized spacial score (nSPS) is 10.6. The molecule has 0 bridgehead atoms. The maximum atomic E-state index is 10.7. The first-order valence-corrected chi connectivity index (χ1v) is 5.58. The van der Waals surface area contributed by atoms with Crippen molar-refractivity contribution in [1.29, 1.82) is 0 Å². The molecule has 1 heterocycles. The van der Waals surface area contributed by atoms with Crippen LogP contribution in [0.5, 0.6) is 5.75 Å². The molecule has 4 nitrogen and oxygen atoms in total. The van der Waals surface area contributed by atoms with Crippen molar-refractivity contribution in [3.8, 4) is 5.75 Å². The van der Waals surface area contributed by atoms with E-state index in [0.717, 1.165) is 16.7 Å². The van der Waals surface area contributed by atoms with E-state index in [4.69, 9.17) is 9.52 Å². The van der Waals surface area contributed by atoms with Crippen LogP contribution in [-0.4, -0.2) is 16.2 Å². The molecule has 94 valence electrons. The summed E-state index contributed by atoms with van der Waals surface area (Å²) in [5, 5.41) is 18.2. The van der Waals surface area contributed by atoms with Crippen molar-refractivity contribution in [3.63, 3.8) is 0 Å². The Hall–Kier alpha value is -2.23. The second-order valence-electron chi connectivity index (χ2n) is 4.31. The first kappa shape index (κ1) is 12.2. The number of aromatic carboxylic acids is 1. The number of benzene rings is 1. The number of aryl methyl sites for hydroxylation is 2. The van der Waals surface area contributed by atoms with Gasteiger partial charge in [-0.3, -0.25) is 0 Å². The molecule has 0 saturated heterocycles. The van der Waals surface area contributed by atoms with Crippen molar-refractivity contribution in [1.82, 2.24) is 0 Å². The highest BCUT2D eigenvalue weighted by Crippen LogP contribution is 2.24. The Morgan fingerprint density at radius 3 is 2.33 bits per heavy atom. The number of furan rings is 1. The zero-order valence-electron chi connectivity index (χ0n) is 10.2. The average Bonchev–Trinajstić information content (AvgIpc) is 2.71. The van der Waals surface area contributed by atoms with Crippen molar-refractivity contribution < 1.29 is 19.4 Å². The lowest BCUT2D eigenvalue weighted by molar-refractivity contribution is 0.0660. The third-order valence-electron chi connectivity index (χ3n) is 2.90. The van der Waals surface area contributed by atoms with Crippen LogP contribution in [0.2, 0.25) is 0 Å². The fraction of sp³-hybridized carbons (Fsp3) is 0.214. The third-order valence-corrected chi connectivity index (χ3v) is 2.90. The van der Waals surface area contributed by atoms with Gasteiger partial charge in [-0.25, -0.2) is 4.79 Å². The van der Waals surface area contributed by atoms with Crippen LogP contribution >= 0.6 is 0 Å². The van der Waals surface area contributed by atoms with Crippen molar-refractivity contribution in [2.24, 2.45) is 0 Å². The molecule has 0 aliphatic rings. The number of carbonyl (C=O) groups is 1. The predicted octanol–water partition coefficient (Wildman–Crippen LogP) is 2.89. The van der Waals surface area contributed by atoms with Gasteiger partial charge in [-0.15, -0.1) is 0 Å². The zero-order valence-corrected chi connectivity index (χ0v) is 10.2. The minimum atomic E-state index is -1.07. The Balaban J connectivity index is 2.31. The average molecular weight is 246 g/mol. The van der Waals surface area contributed by atoms with Crippen LogP contribution in [-0.2, 0) is 6.42 Å². The lowest BCUT2D eigenvalue weighted by Crippen LogP contribution is -1.95. The molecular weight excluding hydrogens is 232 g/mol. The number of rotatable bonds is 3. The highest BCUT2D eigenvalue weighted by molar-refractivity contribution is 5.84. The quantitative estimate of drug-likeness (QED) is 0.873. The Labute approximate surface area is 104 Å². The summed E-state index contributed by atoms with van der Waals surface area (Å²) in [5.74, 6) is -0.289. The van der Waals surface area contributed by atoms with Gasteiger partial charge in [-0.2, -0.15) is 0 Å². The number of carboxylic acids is 1. The molecular formula is C14H14O4. The maximum Gasteiger partial charge on any atom is 0.371 e. The van der Waals surface area contributed by atoms with Gasteiger partial charge < -0.3 is 14.6 Å². The zero-order chi connectivity index (χ0) is 13.3. The van der Waals surface area contributed by atoms with Gasteiger partial charge in [0.2, 0.25) is 5.76 Å². The Morgan fingerprint density at radius 1 is 1.22 bits per heavy atom. The van der Waals surface area contributed by atoms with Crippen molar-refractivity contribution in [2.75, 3.05) is 0 Å². The Bertz CT molecular complexity index is 573. The van der Waals surface area contributed by atoms with Gasteiger partial charge in [0, 0.05) is 6.42 Å². The summed E-state index contributed by atoms with van der Waals surface area (Å²) < 4.78 is 5.23. The summed E-state index contributed by atoms with van der Waals surface area (Å²) in [6.45, 7) is 3.81. The maximum absolute atomic E-state index is 10.7. The van der Waals surface area contributed by atoms with E-state index in [2.05, 4.69) is 0 Å². The van der Waals surface area contributed by atoms with Crippen LogP contribution < -0.4 is 0 Å². The lowest BCUT2D eigenvalue weighted by atomic mass is 9.98. The summed E-state index contributed by atoms with van der Waals surface area (Å²) in [7, 11) is 0. The van der Waals surface area contributed by atoms with Gasteiger partial charge in [0.15, 0.2) is 0 Å². The summed E-state index contributed by atoms with van der Waals surface area (Å²) in [5.41, 5.74) is 2.96. The molecule has 2 N–H and O–H groups in total.